The molecule has 0 radical (unpaired) electrons. The molecule has 5 nitrogen and oxygen atoms in total. The second kappa shape index (κ2) is 11.8. The van der Waals surface area contributed by atoms with Crippen molar-refractivity contribution in [1.29, 1.82) is 0 Å². The van der Waals surface area contributed by atoms with Crippen molar-refractivity contribution in [3.05, 3.63) is 181 Å². The third-order valence-electron chi connectivity index (χ3n) is 12.0. The van der Waals surface area contributed by atoms with Gasteiger partial charge in [0.15, 0.2) is 11.6 Å². The molecule has 3 aromatic heterocycles. The van der Waals surface area contributed by atoms with E-state index < -0.39 is 0 Å². The molecule has 0 spiro atoms. The molecule has 0 unspecified atom stereocenters. The van der Waals surface area contributed by atoms with Crippen LogP contribution in [0.2, 0.25) is 0 Å². The summed E-state index contributed by atoms with van der Waals surface area (Å²) in [6, 6.07) is 60.0. The Labute approximate surface area is 328 Å². The minimum Gasteiger partial charge on any atom is -0.456 e. The van der Waals surface area contributed by atoms with E-state index in [1.165, 1.54) is 27.8 Å². The number of hydrogen-bond acceptors (Lipinski definition) is 4. The molecule has 0 N–H and O–H groups in total. The highest BCUT2D eigenvalue weighted by Crippen LogP contribution is 2.53. The van der Waals surface area contributed by atoms with Crippen molar-refractivity contribution in [3.8, 4) is 51.0 Å². The third-order valence-corrected chi connectivity index (χ3v) is 12.0. The topological polar surface area (TPSA) is 56.7 Å². The summed E-state index contributed by atoms with van der Waals surface area (Å²) in [6.45, 7) is 4.71. The largest absolute Gasteiger partial charge is 0.456 e. The van der Waals surface area contributed by atoms with Crippen LogP contribution < -0.4 is 0 Å². The van der Waals surface area contributed by atoms with Crippen LogP contribution in [0.1, 0.15) is 25.0 Å². The van der Waals surface area contributed by atoms with E-state index in [0.29, 0.717) is 17.6 Å². The second-order valence-electron chi connectivity index (χ2n) is 15.6. The minimum absolute atomic E-state index is 0.204. The van der Waals surface area contributed by atoms with Gasteiger partial charge in [0.25, 0.3) is 0 Å². The molecule has 1 aliphatic carbocycles. The van der Waals surface area contributed by atoms with Crippen molar-refractivity contribution in [1.82, 2.24) is 19.5 Å². The molecule has 0 bridgehead atoms. The SMILES string of the molecule is CC1(C)c2ccccc2-c2cccc(-c3cccc4c5ccc6ccccc6c5n(-c5nc(-c6ccccc6)nc(-c6ccc7c(c6)oc6ccccc67)n5)c34)c21. The van der Waals surface area contributed by atoms with Crippen LogP contribution in [0, 0.1) is 0 Å². The standard InChI is InChI=1S/C52H34N4O/c1-52(2)43-24-10-8-18-35(43)38-20-12-21-39(46(38)52)40-22-13-23-41-42-29-26-31-14-6-7-17-34(31)47(42)56(48(40)41)51-54-49(32-15-4-3-5-16-32)53-50(55-51)33-27-28-37-36-19-9-11-25-44(36)57-45(37)30-33/h3-30H,1-2H3. The van der Waals surface area contributed by atoms with Crippen LogP contribution in [0.4, 0.5) is 0 Å². The summed E-state index contributed by atoms with van der Waals surface area (Å²) in [4.78, 5) is 15.9. The fourth-order valence-corrected chi connectivity index (χ4v) is 9.49. The van der Waals surface area contributed by atoms with Crippen molar-refractivity contribution in [2.24, 2.45) is 0 Å². The highest BCUT2D eigenvalue weighted by molar-refractivity contribution is 6.21. The minimum atomic E-state index is -0.204. The smallest absolute Gasteiger partial charge is 0.238 e. The fraction of sp³-hybridized carbons (Fsp3) is 0.0577. The first-order valence-electron chi connectivity index (χ1n) is 19.5. The van der Waals surface area contributed by atoms with Crippen molar-refractivity contribution in [3.63, 3.8) is 0 Å². The summed E-state index contributed by atoms with van der Waals surface area (Å²) < 4.78 is 8.66. The van der Waals surface area contributed by atoms with Gasteiger partial charge in [0.2, 0.25) is 5.95 Å². The molecule has 5 heteroatoms. The molecule has 12 rings (SSSR count). The van der Waals surface area contributed by atoms with E-state index in [4.69, 9.17) is 19.4 Å². The Morgan fingerprint density at radius 3 is 1.93 bits per heavy atom. The summed E-state index contributed by atoms with van der Waals surface area (Å²) in [5, 5.41) is 6.73. The van der Waals surface area contributed by atoms with Crippen LogP contribution >= 0.6 is 0 Å². The Morgan fingerprint density at radius 2 is 1.05 bits per heavy atom. The molecule has 0 fully saturated rings. The first-order valence-corrected chi connectivity index (χ1v) is 19.5. The lowest BCUT2D eigenvalue weighted by atomic mass is 9.78. The van der Waals surface area contributed by atoms with Gasteiger partial charge in [0, 0.05) is 49.0 Å². The van der Waals surface area contributed by atoms with Gasteiger partial charge < -0.3 is 4.42 Å². The predicted octanol–water partition coefficient (Wildman–Crippen LogP) is 13.3. The van der Waals surface area contributed by atoms with Crippen LogP contribution in [0.25, 0.3) is 105 Å². The van der Waals surface area contributed by atoms with E-state index in [1.807, 2.05) is 36.4 Å². The average molecular weight is 731 g/mol. The third kappa shape index (κ3) is 4.60. The van der Waals surface area contributed by atoms with E-state index in [1.54, 1.807) is 0 Å². The number of fused-ring (bicyclic) bond motifs is 11. The van der Waals surface area contributed by atoms with Gasteiger partial charge in [-0.3, -0.25) is 4.57 Å². The lowest BCUT2D eigenvalue weighted by Gasteiger charge is -2.25. The number of benzene rings is 8. The van der Waals surface area contributed by atoms with Crippen LogP contribution in [0.3, 0.4) is 0 Å². The fourth-order valence-electron chi connectivity index (χ4n) is 9.49. The Hall–Kier alpha value is -7.37. The van der Waals surface area contributed by atoms with Crippen molar-refractivity contribution < 1.29 is 4.42 Å². The number of hydrogen-bond donors (Lipinski definition) is 0. The summed E-state index contributed by atoms with van der Waals surface area (Å²) >= 11 is 0. The van der Waals surface area contributed by atoms with E-state index in [9.17, 15) is 0 Å². The highest BCUT2D eigenvalue weighted by atomic mass is 16.3. The van der Waals surface area contributed by atoms with E-state index in [2.05, 4.69) is 152 Å². The number of furan rings is 1. The molecule has 3 heterocycles. The van der Waals surface area contributed by atoms with Gasteiger partial charge in [-0.15, -0.1) is 0 Å². The summed E-state index contributed by atoms with van der Waals surface area (Å²) in [7, 11) is 0. The number of para-hydroxylation sites is 2. The number of nitrogens with zero attached hydrogens (tertiary/aromatic N) is 4. The zero-order valence-electron chi connectivity index (χ0n) is 31.4. The molecule has 0 amide bonds. The normalized spacial score (nSPS) is 13.2. The molecule has 268 valence electrons. The molecule has 57 heavy (non-hydrogen) atoms. The van der Waals surface area contributed by atoms with Crippen molar-refractivity contribution in [2.75, 3.05) is 0 Å². The average Bonchev–Trinajstić information content (AvgIpc) is 3.89. The van der Waals surface area contributed by atoms with Gasteiger partial charge in [-0.25, -0.2) is 4.98 Å². The van der Waals surface area contributed by atoms with Crippen molar-refractivity contribution >= 4 is 54.5 Å². The van der Waals surface area contributed by atoms with Gasteiger partial charge in [0.05, 0.1) is 11.0 Å². The van der Waals surface area contributed by atoms with Crippen molar-refractivity contribution in [2.45, 2.75) is 19.3 Å². The van der Waals surface area contributed by atoms with E-state index in [0.717, 1.165) is 71.2 Å². The molecule has 1 aliphatic rings. The van der Waals surface area contributed by atoms with Crippen LogP contribution in [-0.4, -0.2) is 19.5 Å². The maximum Gasteiger partial charge on any atom is 0.238 e. The van der Waals surface area contributed by atoms with Gasteiger partial charge in [-0.2, -0.15) is 9.97 Å². The predicted molar refractivity (Wildman–Crippen MR) is 233 cm³/mol. The Kier molecular flexibility index (Phi) is 6.62. The van der Waals surface area contributed by atoms with Gasteiger partial charge >= 0.3 is 0 Å². The highest BCUT2D eigenvalue weighted by Gasteiger charge is 2.38. The molecule has 8 aromatic carbocycles. The van der Waals surface area contributed by atoms with Gasteiger partial charge in [-0.05, 0) is 51.4 Å². The quantitative estimate of drug-likeness (QED) is 0.181. The van der Waals surface area contributed by atoms with Crippen LogP contribution in [0.5, 0.6) is 0 Å². The maximum absolute atomic E-state index is 6.36. The molecular weight excluding hydrogens is 697 g/mol. The van der Waals surface area contributed by atoms with E-state index >= 15 is 0 Å². The lowest BCUT2D eigenvalue weighted by molar-refractivity contribution is 0.662. The van der Waals surface area contributed by atoms with Crippen LogP contribution in [-0.2, 0) is 5.41 Å². The Morgan fingerprint density at radius 1 is 0.439 bits per heavy atom. The monoisotopic (exact) mass is 730 g/mol. The molecule has 0 atom stereocenters. The number of rotatable bonds is 4. The molecule has 0 aliphatic heterocycles. The second-order valence-corrected chi connectivity index (χ2v) is 15.6. The first kappa shape index (κ1) is 31.9. The molecular formula is C52H34N4O. The van der Waals surface area contributed by atoms with Gasteiger partial charge in [0.1, 0.15) is 11.2 Å². The molecule has 0 saturated heterocycles. The zero-order chi connectivity index (χ0) is 37.8. The summed E-state index contributed by atoms with van der Waals surface area (Å²) in [5.41, 5.74) is 13.0. The van der Waals surface area contributed by atoms with E-state index in [-0.39, 0.29) is 5.41 Å². The lowest BCUT2D eigenvalue weighted by Crippen LogP contribution is -2.16. The molecule has 11 aromatic rings. The first-order chi connectivity index (χ1) is 28.0. The summed E-state index contributed by atoms with van der Waals surface area (Å²) in [5.74, 6) is 1.74. The van der Waals surface area contributed by atoms with Gasteiger partial charge in [-0.1, -0.05) is 166 Å². The number of aromatic nitrogens is 4. The zero-order valence-corrected chi connectivity index (χ0v) is 31.4. The Bertz CT molecular complexity index is 3450. The maximum atomic E-state index is 6.36. The van der Waals surface area contributed by atoms with Crippen LogP contribution in [0.15, 0.2) is 174 Å². The summed E-state index contributed by atoms with van der Waals surface area (Å²) in [6.07, 6.45) is 0. The molecule has 0 saturated carbocycles. The Balaban J connectivity index is 1.20.